The molecule has 1 atom stereocenters. The monoisotopic (exact) mass is 592 g/mol. The number of likely N-dealkylation sites (N-methyl/N-ethyl adjacent to an activating group) is 1. The van der Waals surface area contributed by atoms with E-state index in [1.807, 2.05) is 31.2 Å². The van der Waals surface area contributed by atoms with E-state index in [0.717, 1.165) is 36.6 Å². The van der Waals surface area contributed by atoms with E-state index >= 15 is 0 Å². The van der Waals surface area contributed by atoms with Gasteiger partial charge >= 0.3 is 0 Å². The Hall–Kier alpha value is -5.09. The number of hydrogen-bond donors (Lipinski definition) is 2. The van der Waals surface area contributed by atoms with Gasteiger partial charge in [0.1, 0.15) is 24.0 Å². The largest absolute Gasteiger partial charge is 0.492 e. The third-order valence-corrected chi connectivity index (χ3v) is 7.59. The molecule has 0 spiro atoms. The molecule has 2 heterocycles. The van der Waals surface area contributed by atoms with Crippen LogP contribution in [-0.2, 0) is 11.8 Å². The molecule has 0 radical (unpaired) electrons. The quantitative estimate of drug-likeness (QED) is 0.169. The Bertz CT molecular complexity index is 1710. The third kappa shape index (κ3) is 6.92. The van der Waals surface area contributed by atoms with E-state index < -0.39 is 5.92 Å². The Kier molecular flexibility index (Phi) is 9.30. The molecule has 0 bridgehead atoms. The number of nitrogens with one attached hydrogen (secondary N) is 2. The molecule has 1 aliphatic rings. The first-order valence-electron chi connectivity index (χ1n) is 14.7. The molecule has 3 aromatic carbocycles. The van der Waals surface area contributed by atoms with Crippen LogP contribution in [0.4, 0.5) is 17.1 Å². The van der Waals surface area contributed by atoms with Gasteiger partial charge in [0.15, 0.2) is 5.78 Å². The number of ether oxygens (including phenoxy) is 1. The normalized spacial score (nSPS) is 14.1. The molecular formula is C34H36N6O4. The lowest BCUT2D eigenvalue weighted by atomic mass is 9.97. The number of hydrogen-bond acceptors (Lipinski definition) is 7. The van der Waals surface area contributed by atoms with Gasteiger partial charge in [-0.15, -0.1) is 0 Å². The molecule has 1 aromatic heterocycles. The fourth-order valence-electron chi connectivity index (χ4n) is 5.12. The summed E-state index contributed by atoms with van der Waals surface area (Å²) in [5, 5.41) is 9.90. The highest BCUT2D eigenvalue weighted by molar-refractivity contribution is 6.15. The van der Waals surface area contributed by atoms with Crippen LogP contribution in [0, 0.1) is 6.92 Å². The maximum absolute atomic E-state index is 13.4. The maximum atomic E-state index is 13.4. The smallest absolute Gasteiger partial charge is 0.273 e. The number of benzene rings is 3. The van der Waals surface area contributed by atoms with E-state index in [1.165, 1.54) is 4.68 Å². The molecule has 0 saturated carbocycles. The van der Waals surface area contributed by atoms with Gasteiger partial charge in [-0.3, -0.25) is 24.1 Å². The van der Waals surface area contributed by atoms with E-state index in [-0.39, 0.29) is 17.6 Å². The van der Waals surface area contributed by atoms with Crippen LogP contribution in [0.25, 0.3) is 0 Å². The summed E-state index contributed by atoms with van der Waals surface area (Å²) in [5.74, 6) is -0.561. The molecule has 10 heteroatoms. The third-order valence-electron chi connectivity index (χ3n) is 7.59. The SMILES string of the molecule is CCN(CC)CCOc1ccc(N=CC2C(=O)Nc3cc(C(=O)c4cccc(NC(=O)c5cc(C)nn5C)c4)ccc32)cc1. The molecule has 5 rings (SSSR count). The van der Waals surface area contributed by atoms with Crippen LogP contribution in [0.15, 0.2) is 77.8 Å². The van der Waals surface area contributed by atoms with Crippen LogP contribution in [0.2, 0.25) is 0 Å². The first-order valence-corrected chi connectivity index (χ1v) is 14.7. The minimum atomic E-state index is -0.576. The Balaban J connectivity index is 1.23. The lowest BCUT2D eigenvalue weighted by Crippen LogP contribution is -2.27. The summed E-state index contributed by atoms with van der Waals surface area (Å²) in [6.45, 7) is 9.54. The number of fused-ring (bicyclic) bond motifs is 1. The van der Waals surface area contributed by atoms with Crippen molar-refractivity contribution in [1.29, 1.82) is 0 Å². The van der Waals surface area contributed by atoms with Crippen LogP contribution in [-0.4, -0.2) is 64.7 Å². The number of amides is 2. The van der Waals surface area contributed by atoms with E-state index in [1.54, 1.807) is 61.8 Å². The molecule has 1 unspecified atom stereocenters. The standard InChI is InChI=1S/C34H36N6O4/c1-5-40(6-2)16-17-44-27-13-11-25(12-14-27)35-21-29-28-15-10-24(20-30(28)37-33(29)42)32(41)23-8-7-9-26(19-23)36-34(43)31-18-22(3)38-39(31)4/h7-15,18-21,29H,5-6,16-17H2,1-4H3,(H,36,43)(H,37,42). The molecule has 0 saturated heterocycles. The predicted molar refractivity (Wildman–Crippen MR) is 171 cm³/mol. The van der Waals surface area contributed by atoms with Crippen molar-refractivity contribution in [3.63, 3.8) is 0 Å². The second-order valence-corrected chi connectivity index (χ2v) is 10.6. The number of aliphatic imine (C=N–C) groups is 1. The van der Waals surface area contributed by atoms with Crippen LogP contribution in [0.3, 0.4) is 0 Å². The second kappa shape index (κ2) is 13.5. The lowest BCUT2D eigenvalue weighted by Gasteiger charge is -2.17. The zero-order valence-corrected chi connectivity index (χ0v) is 25.3. The summed E-state index contributed by atoms with van der Waals surface area (Å²) < 4.78 is 7.35. The number of carbonyl (C=O) groups excluding carboxylic acids is 3. The van der Waals surface area contributed by atoms with Gasteiger partial charge in [-0.05, 0) is 74.1 Å². The van der Waals surface area contributed by atoms with Crippen molar-refractivity contribution >= 4 is 40.9 Å². The highest BCUT2D eigenvalue weighted by atomic mass is 16.5. The molecule has 226 valence electrons. The van der Waals surface area contributed by atoms with Crippen LogP contribution >= 0.6 is 0 Å². The lowest BCUT2D eigenvalue weighted by molar-refractivity contribution is -0.115. The number of nitrogens with zero attached hydrogens (tertiary/aromatic N) is 4. The maximum Gasteiger partial charge on any atom is 0.273 e. The molecule has 0 aliphatic carbocycles. The first kappa shape index (κ1) is 30.4. The Morgan fingerprint density at radius 3 is 2.50 bits per heavy atom. The van der Waals surface area contributed by atoms with Gasteiger partial charge in [0.25, 0.3) is 5.91 Å². The van der Waals surface area contributed by atoms with Crippen LogP contribution in [0.5, 0.6) is 5.75 Å². The number of ketones is 1. The van der Waals surface area contributed by atoms with Crippen LogP contribution < -0.4 is 15.4 Å². The molecule has 10 nitrogen and oxygen atoms in total. The Morgan fingerprint density at radius 2 is 1.80 bits per heavy atom. The van der Waals surface area contributed by atoms with Crippen molar-refractivity contribution in [3.05, 3.63) is 101 Å². The number of rotatable bonds is 12. The molecular weight excluding hydrogens is 556 g/mol. The van der Waals surface area contributed by atoms with Crippen molar-refractivity contribution in [1.82, 2.24) is 14.7 Å². The van der Waals surface area contributed by atoms with Crippen molar-refractivity contribution in [2.75, 3.05) is 36.9 Å². The van der Waals surface area contributed by atoms with Gasteiger partial charge in [-0.1, -0.05) is 38.1 Å². The second-order valence-electron chi connectivity index (χ2n) is 10.6. The highest BCUT2D eigenvalue weighted by Gasteiger charge is 2.30. The predicted octanol–water partition coefficient (Wildman–Crippen LogP) is 5.37. The van der Waals surface area contributed by atoms with Crippen LogP contribution in [0.1, 0.15) is 57.4 Å². The molecule has 2 amide bonds. The van der Waals surface area contributed by atoms with Gasteiger partial charge in [0.05, 0.1) is 11.4 Å². The first-order chi connectivity index (χ1) is 21.2. The van der Waals surface area contributed by atoms with E-state index in [0.29, 0.717) is 40.5 Å². The Morgan fingerprint density at radius 1 is 1.05 bits per heavy atom. The molecule has 4 aromatic rings. The van der Waals surface area contributed by atoms with Crippen molar-refractivity contribution in [2.45, 2.75) is 26.7 Å². The molecule has 44 heavy (non-hydrogen) atoms. The highest BCUT2D eigenvalue weighted by Crippen LogP contribution is 2.33. The average molecular weight is 593 g/mol. The van der Waals surface area contributed by atoms with E-state index in [4.69, 9.17) is 4.74 Å². The molecule has 2 N–H and O–H groups in total. The number of carbonyl (C=O) groups is 3. The molecule has 1 aliphatic heterocycles. The van der Waals surface area contributed by atoms with Crippen molar-refractivity contribution < 1.29 is 19.1 Å². The summed E-state index contributed by atoms with van der Waals surface area (Å²) in [6.07, 6.45) is 1.62. The molecule has 0 fully saturated rings. The summed E-state index contributed by atoms with van der Waals surface area (Å²) in [4.78, 5) is 45.7. The minimum Gasteiger partial charge on any atom is -0.492 e. The van der Waals surface area contributed by atoms with Crippen molar-refractivity contribution in [2.24, 2.45) is 12.0 Å². The fourth-order valence-corrected chi connectivity index (χ4v) is 5.12. The zero-order chi connectivity index (χ0) is 31.2. The fraction of sp³-hybridized carbons (Fsp3) is 0.265. The Labute approximate surface area is 256 Å². The topological polar surface area (TPSA) is 118 Å². The minimum absolute atomic E-state index is 0.209. The summed E-state index contributed by atoms with van der Waals surface area (Å²) in [6, 6.07) is 21.1. The summed E-state index contributed by atoms with van der Waals surface area (Å²) in [5.41, 5.74) is 4.50. The number of aryl methyl sites for hydroxylation is 2. The van der Waals surface area contributed by atoms with Crippen molar-refractivity contribution in [3.8, 4) is 5.75 Å². The van der Waals surface area contributed by atoms with Gasteiger partial charge in [0, 0.05) is 42.3 Å². The summed E-state index contributed by atoms with van der Waals surface area (Å²) >= 11 is 0. The summed E-state index contributed by atoms with van der Waals surface area (Å²) in [7, 11) is 1.70. The van der Waals surface area contributed by atoms with E-state index in [9.17, 15) is 14.4 Å². The number of aromatic nitrogens is 2. The zero-order valence-electron chi connectivity index (χ0n) is 25.3. The van der Waals surface area contributed by atoms with Gasteiger partial charge < -0.3 is 20.3 Å². The van der Waals surface area contributed by atoms with Gasteiger partial charge in [-0.2, -0.15) is 5.10 Å². The van der Waals surface area contributed by atoms with Gasteiger partial charge in [0.2, 0.25) is 5.91 Å². The average Bonchev–Trinajstić information content (AvgIpc) is 3.54. The van der Waals surface area contributed by atoms with Gasteiger partial charge in [-0.25, -0.2) is 0 Å². The van der Waals surface area contributed by atoms with E-state index in [2.05, 4.69) is 39.5 Å². The number of anilines is 2.